The van der Waals surface area contributed by atoms with Crippen molar-refractivity contribution in [3.63, 3.8) is 0 Å². The van der Waals surface area contributed by atoms with Gasteiger partial charge in [-0.25, -0.2) is 9.67 Å². The smallest absolute Gasteiger partial charge is 0.255 e. The maximum absolute atomic E-state index is 13.1. The molecule has 2 aromatic heterocycles. The van der Waals surface area contributed by atoms with Gasteiger partial charge in [0.05, 0.1) is 24.6 Å². The molecule has 1 aliphatic rings. The summed E-state index contributed by atoms with van der Waals surface area (Å²) in [6.07, 6.45) is 5.20. The summed E-state index contributed by atoms with van der Waals surface area (Å²) in [5, 5.41) is 7.69. The maximum Gasteiger partial charge on any atom is 0.255 e. The molecule has 0 spiro atoms. The monoisotopic (exact) mass is 419 g/mol. The molecule has 0 bridgehead atoms. The number of carbonyl (C=O) groups excluding carboxylic acids is 1. The molecule has 1 aromatic carbocycles. The van der Waals surface area contributed by atoms with Crippen molar-refractivity contribution < 1.29 is 9.53 Å². The van der Waals surface area contributed by atoms with Crippen LogP contribution in [0.1, 0.15) is 48.7 Å². The second-order valence-electron chi connectivity index (χ2n) is 8.13. The molecule has 0 radical (unpaired) electrons. The fourth-order valence-corrected chi connectivity index (χ4v) is 4.09. The average molecular weight is 420 g/mol. The van der Waals surface area contributed by atoms with E-state index in [2.05, 4.69) is 46.3 Å². The van der Waals surface area contributed by atoms with E-state index in [1.165, 1.54) is 5.69 Å². The van der Waals surface area contributed by atoms with Crippen LogP contribution in [0.3, 0.4) is 0 Å². The van der Waals surface area contributed by atoms with E-state index >= 15 is 0 Å². The molecule has 1 saturated heterocycles. The first kappa shape index (κ1) is 20.9. The van der Waals surface area contributed by atoms with Crippen LogP contribution in [0.2, 0.25) is 0 Å². The lowest BCUT2D eigenvalue weighted by atomic mass is 10.0. The van der Waals surface area contributed by atoms with Crippen LogP contribution in [-0.4, -0.2) is 46.9 Å². The summed E-state index contributed by atoms with van der Waals surface area (Å²) in [4.78, 5) is 19.8. The molecule has 7 heteroatoms. The molecule has 1 N–H and O–H groups in total. The summed E-state index contributed by atoms with van der Waals surface area (Å²) in [6.45, 7) is 5.95. The van der Waals surface area contributed by atoms with Gasteiger partial charge in [0.25, 0.3) is 5.91 Å². The lowest BCUT2D eigenvalue weighted by molar-refractivity contribution is 0.0929. The summed E-state index contributed by atoms with van der Waals surface area (Å²) in [5.41, 5.74) is 2.69. The zero-order chi connectivity index (χ0) is 21.8. The van der Waals surface area contributed by atoms with Gasteiger partial charge in [-0.1, -0.05) is 19.9 Å². The number of rotatable bonds is 6. The van der Waals surface area contributed by atoms with Crippen LogP contribution in [0.15, 0.2) is 54.9 Å². The van der Waals surface area contributed by atoms with Gasteiger partial charge >= 0.3 is 0 Å². The maximum atomic E-state index is 13.1. The van der Waals surface area contributed by atoms with Crippen LogP contribution in [0.5, 0.6) is 5.75 Å². The van der Waals surface area contributed by atoms with Crippen molar-refractivity contribution >= 4 is 11.6 Å². The second-order valence-corrected chi connectivity index (χ2v) is 8.13. The van der Waals surface area contributed by atoms with Crippen LogP contribution in [-0.2, 0) is 0 Å². The molecule has 1 fully saturated rings. The lowest BCUT2D eigenvalue weighted by Crippen LogP contribution is -2.44. The Morgan fingerprint density at radius 2 is 1.87 bits per heavy atom. The summed E-state index contributed by atoms with van der Waals surface area (Å²) in [5.74, 6) is 1.66. The zero-order valence-electron chi connectivity index (χ0n) is 18.3. The van der Waals surface area contributed by atoms with Crippen LogP contribution >= 0.6 is 0 Å². The molecule has 7 nitrogen and oxygen atoms in total. The number of hydrogen-bond donors (Lipinski definition) is 1. The predicted molar refractivity (Wildman–Crippen MR) is 121 cm³/mol. The van der Waals surface area contributed by atoms with Crippen molar-refractivity contribution in [2.24, 2.45) is 0 Å². The number of pyridine rings is 1. The summed E-state index contributed by atoms with van der Waals surface area (Å²) in [6, 6.07) is 14.0. The molecule has 31 heavy (non-hydrogen) atoms. The number of carbonyl (C=O) groups is 1. The number of ether oxygens (including phenoxy) is 1. The largest absolute Gasteiger partial charge is 0.497 e. The molecular weight excluding hydrogens is 390 g/mol. The van der Waals surface area contributed by atoms with Crippen LogP contribution in [0, 0.1) is 0 Å². The Morgan fingerprint density at radius 1 is 1.13 bits per heavy atom. The zero-order valence-corrected chi connectivity index (χ0v) is 18.3. The fraction of sp³-hybridized carbons (Fsp3) is 0.375. The third-order valence-electron chi connectivity index (χ3n) is 5.73. The first-order valence-corrected chi connectivity index (χ1v) is 10.8. The topological polar surface area (TPSA) is 72.3 Å². The highest BCUT2D eigenvalue weighted by Gasteiger charge is 2.25. The summed E-state index contributed by atoms with van der Waals surface area (Å²) >= 11 is 0. The quantitative estimate of drug-likeness (QED) is 0.658. The van der Waals surface area contributed by atoms with E-state index in [1.54, 1.807) is 24.2 Å². The van der Waals surface area contributed by atoms with Gasteiger partial charge in [-0.3, -0.25) is 4.79 Å². The lowest BCUT2D eigenvalue weighted by Gasteiger charge is -2.34. The SMILES string of the molecule is COc1ccc(N2CCC(NC(=O)c3cnn(-c4ccccn4)c3C(C)C)CC2)cc1. The third kappa shape index (κ3) is 4.55. The highest BCUT2D eigenvalue weighted by molar-refractivity contribution is 5.95. The number of amides is 1. The Balaban J connectivity index is 1.42. The number of hydrogen-bond acceptors (Lipinski definition) is 5. The van der Waals surface area contributed by atoms with Crippen molar-refractivity contribution in [2.45, 2.75) is 38.6 Å². The standard InChI is InChI=1S/C24H29N5O2/c1-17(2)23-21(16-26-29(23)22-6-4-5-13-25-22)24(30)27-18-11-14-28(15-12-18)19-7-9-20(31-3)10-8-19/h4-10,13,16-18H,11-12,14-15H2,1-3H3,(H,27,30). The molecule has 162 valence electrons. The number of aromatic nitrogens is 3. The number of methoxy groups -OCH3 is 1. The van der Waals surface area contributed by atoms with E-state index in [1.807, 2.05) is 30.3 Å². The Morgan fingerprint density at radius 3 is 2.48 bits per heavy atom. The first-order chi connectivity index (χ1) is 15.1. The van der Waals surface area contributed by atoms with E-state index in [9.17, 15) is 4.79 Å². The van der Waals surface area contributed by atoms with Gasteiger partial charge < -0.3 is 15.0 Å². The van der Waals surface area contributed by atoms with Crippen molar-refractivity contribution in [1.82, 2.24) is 20.1 Å². The normalized spacial score (nSPS) is 14.6. The van der Waals surface area contributed by atoms with Crippen LogP contribution in [0.25, 0.3) is 5.82 Å². The highest BCUT2D eigenvalue weighted by atomic mass is 16.5. The van der Waals surface area contributed by atoms with Crippen molar-refractivity contribution in [1.29, 1.82) is 0 Å². The van der Waals surface area contributed by atoms with Gasteiger partial charge in [-0.15, -0.1) is 0 Å². The van der Waals surface area contributed by atoms with Gasteiger partial charge in [-0.05, 0) is 55.2 Å². The summed E-state index contributed by atoms with van der Waals surface area (Å²) < 4.78 is 7.01. The minimum absolute atomic E-state index is 0.0613. The molecule has 4 rings (SSSR count). The molecule has 3 aromatic rings. The van der Waals surface area contributed by atoms with Crippen LogP contribution < -0.4 is 15.0 Å². The Kier molecular flexibility index (Phi) is 6.21. The van der Waals surface area contributed by atoms with E-state index in [4.69, 9.17) is 4.74 Å². The van der Waals surface area contributed by atoms with Gasteiger partial charge in [0.1, 0.15) is 5.75 Å². The van der Waals surface area contributed by atoms with Crippen LogP contribution in [0.4, 0.5) is 5.69 Å². The Labute approximate surface area is 183 Å². The van der Waals surface area contributed by atoms with Gasteiger partial charge in [0.2, 0.25) is 0 Å². The number of benzene rings is 1. The van der Waals surface area contributed by atoms with Gasteiger partial charge in [0, 0.05) is 31.0 Å². The van der Waals surface area contributed by atoms with Crippen molar-refractivity contribution in [2.75, 3.05) is 25.1 Å². The predicted octanol–water partition coefficient (Wildman–Crippen LogP) is 3.80. The van der Waals surface area contributed by atoms with Gasteiger partial charge in [0.15, 0.2) is 5.82 Å². The molecule has 1 amide bonds. The van der Waals surface area contributed by atoms with E-state index in [-0.39, 0.29) is 17.9 Å². The third-order valence-corrected chi connectivity index (χ3v) is 5.73. The number of piperidine rings is 1. The Hall–Kier alpha value is -3.35. The van der Waals surface area contributed by atoms with Crippen molar-refractivity contribution in [3.05, 3.63) is 66.1 Å². The van der Waals surface area contributed by atoms with E-state index < -0.39 is 0 Å². The highest BCUT2D eigenvalue weighted by Crippen LogP contribution is 2.25. The minimum Gasteiger partial charge on any atom is -0.497 e. The molecule has 0 atom stereocenters. The van der Waals surface area contributed by atoms with E-state index in [0.29, 0.717) is 5.56 Å². The van der Waals surface area contributed by atoms with Crippen molar-refractivity contribution in [3.8, 4) is 11.6 Å². The molecule has 0 saturated carbocycles. The molecule has 0 unspecified atom stereocenters. The number of anilines is 1. The molecule has 0 aliphatic carbocycles. The number of nitrogens with zero attached hydrogens (tertiary/aromatic N) is 4. The fourth-order valence-electron chi connectivity index (χ4n) is 4.09. The average Bonchev–Trinajstić information content (AvgIpc) is 3.26. The molecule has 1 aliphatic heterocycles. The van der Waals surface area contributed by atoms with E-state index in [0.717, 1.165) is 43.2 Å². The first-order valence-electron chi connectivity index (χ1n) is 10.8. The second kappa shape index (κ2) is 9.20. The molecule has 3 heterocycles. The molecular formula is C24H29N5O2. The summed E-state index contributed by atoms with van der Waals surface area (Å²) in [7, 11) is 1.67. The van der Waals surface area contributed by atoms with Gasteiger partial charge in [-0.2, -0.15) is 5.10 Å². The number of nitrogens with one attached hydrogen (secondary N) is 1. The minimum atomic E-state index is -0.0613. The Bertz CT molecular complexity index is 1010.